The summed E-state index contributed by atoms with van der Waals surface area (Å²) in [6.45, 7) is 2.15. The predicted molar refractivity (Wildman–Crippen MR) is 105 cm³/mol. The average molecular weight is 408 g/mol. The number of alkyl halides is 3. The summed E-state index contributed by atoms with van der Waals surface area (Å²) >= 11 is 0. The molecule has 2 aromatic rings. The molecule has 1 amide bonds. The van der Waals surface area contributed by atoms with Crippen LogP contribution in [0.4, 0.5) is 30.6 Å². The van der Waals surface area contributed by atoms with Crippen LogP contribution in [0.3, 0.4) is 0 Å². The van der Waals surface area contributed by atoms with Crippen molar-refractivity contribution in [3.63, 3.8) is 0 Å². The Bertz CT molecular complexity index is 836. The van der Waals surface area contributed by atoms with E-state index in [1.165, 1.54) is 4.90 Å². The predicted octanol–water partition coefficient (Wildman–Crippen LogP) is 2.32. The first-order valence-electron chi connectivity index (χ1n) is 9.18. The largest absolute Gasteiger partial charge is 0.433 e. The summed E-state index contributed by atoms with van der Waals surface area (Å²) in [7, 11) is 3.27. The fourth-order valence-corrected chi connectivity index (χ4v) is 2.97. The molecule has 0 spiro atoms. The zero-order valence-corrected chi connectivity index (χ0v) is 16.3. The van der Waals surface area contributed by atoms with Crippen LogP contribution in [-0.2, 0) is 11.0 Å². The van der Waals surface area contributed by atoms with Crippen molar-refractivity contribution >= 4 is 23.4 Å². The van der Waals surface area contributed by atoms with Crippen LogP contribution in [0, 0.1) is 0 Å². The number of rotatable bonds is 5. The first kappa shape index (κ1) is 20.8. The monoisotopic (exact) mass is 408 g/mol. The number of aromatic nitrogens is 2. The van der Waals surface area contributed by atoms with Gasteiger partial charge in [0.2, 0.25) is 11.9 Å². The van der Waals surface area contributed by atoms with Gasteiger partial charge < -0.3 is 15.1 Å². The van der Waals surface area contributed by atoms with E-state index in [2.05, 4.69) is 15.3 Å². The molecule has 0 atom stereocenters. The Morgan fingerprint density at radius 2 is 1.76 bits per heavy atom. The maximum absolute atomic E-state index is 13.2. The number of anilines is 3. The lowest BCUT2D eigenvalue weighted by Gasteiger charge is -2.34. The van der Waals surface area contributed by atoms with Crippen molar-refractivity contribution in [3.05, 3.63) is 42.1 Å². The number of nitrogens with one attached hydrogen (secondary N) is 1. The van der Waals surface area contributed by atoms with Crippen LogP contribution in [0.2, 0.25) is 0 Å². The highest BCUT2D eigenvalue weighted by molar-refractivity contribution is 5.92. The zero-order valence-electron chi connectivity index (χ0n) is 16.3. The smallest absolute Gasteiger partial charge is 0.363 e. The lowest BCUT2D eigenvalue weighted by molar-refractivity contribution is -0.141. The number of hydrogen-bond donors (Lipinski definition) is 1. The van der Waals surface area contributed by atoms with Gasteiger partial charge in [-0.2, -0.15) is 18.2 Å². The fourth-order valence-electron chi connectivity index (χ4n) is 2.97. The first-order chi connectivity index (χ1) is 13.7. The molecular formula is C19H23F3N6O. The quantitative estimate of drug-likeness (QED) is 0.819. The van der Waals surface area contributed by atoms with Gasteiger partial charge in [-0.3, -0.25) is 9.69 Å². The molecule has 0 unspecified atom stereocenters. The zero-order chi connectivity index (χ0) is 21.0. The number of hydrogen-bond acceptors (Lipinski definition) is 6. The van der Waals surface area contributed by atoms with Gasteiger partial charge in [0.05, 0.1) is 6.54 Å². The van der Waals surface area contributed by atoms with E-state index < -0.39 is 11.9 Å². The van der Waals surface area contributed by atoms with Crippen LogP contribution in [0.1, 0.15) is 5.69 Å². The van der Waals surface area contributed by atoms with Crippen molar-refractivity contribution in [2.45, 2.75) is 6.18 Å². The van der Waals surface area contributed by atoms with Gasteiger partial charge in [-0.25, -0.2) is 4.98 Å². The van der Waals surface area contributed by atoms with Crippen LogP contribution in [-0.4, -0.2) is 67.6 Å². The maximum atomic E-state index is 13.2. The van der Waals surface area contributed by atoms with Crippen LogP contribution in [0.5, 0.6) is 0 Å². The van der Waals surface area contributed by atoms with Crippen molar-refractivity contribution in [1.29, 1.82) is 0 Å². The Kier molecular flexibility index (Phi) is 6.21. The van der Waals surface area contributed by atoms with E-state index in [0.29, 0.717) is 26.2 Å². The van der Waals surface area contributed by atoms with Crippen LogP contribution < -0.4 is 15.1 Å². The van der Waals surface area contributed by atoms with Gasteiger partial charge in [0.25, 0.3) is 0 Å². The third-order valence-corrected chi connectivity index (χ3v) is 4.53. The number of carbonyl (C=O) groups excluding carboxylic acids is 1. The Hall–Kier alpha value is -2.88. The summed E-state index contributed by atoms with van der Waals surface area (Å²) in [4.78, 5) is 25.3. The van der Waals surface area contributed by atoms with Gasteiger partial charge >= 0.3 is 6.18 Å². The minimum Gasteiger partial charge on any atom is -0.363 e. The summed E-state index contributed by atoms with van der Waals surface area (Å²) in [6.07, 6.45) is -4.54. The van der Waals surface area contributed by atoms with Gasteiger partial charge in [-0.1, -0.05) is 18.2 Å². The number of piperazine rings is 1. The molecule has 7 nitrogen and oxygen atoms in total. The Morgan fingerprint density at radius 3 is 2.34 bits per heavy atom. The second-order valence-corrected chi connectivity index (χ2v) is 6.98. The maximum Gasteiger partial charge on any atom is 0.433 e. The van der Waals surface area contributed by atoms with E-state index in [9.17, 15) is 18.0 Å². The molecule has 156 valence electrons. The summed E-state index contributed by atoms with van der Waals surface area (Å²) in [5.74, 6) is 0.124. The molecule has 3 rings (SSSR count). The molecule has 1 fully saturated rings. The normalized spacial score (nSPS) is 15.3. The third-order valence-electron chi connectivity index (χ3n) is 4.53. The van der Waals surface area contributed by atoms with Crippen molar-refractivity contribution in [2.24, 2.45) is 0 Å². The molecule has 2 heterocycles. The van der Waals surface area contributed by atoms with E-state index in [4.69, 9.17) is 0 Å². The second kappa shape index (κ2) is 8.64. The molecule has 29 heavy (non-hydrogen) atoms. The van der Waals surface area contributed by atoms with Crippen molar-refractivity contribution in [3.8, 4) is 0 Å². The Balaban J connectivity index is 1.61. The molecule has 1 aromatic carbocycles. The lowest BCUT2D eigenvalue weighted by Crippen LogP contribution is -2.49. The molecule has 0 bridgehead atoms. The number of benzene rings is 1. The molecule has 10 heteroatoms. The molecule has 0 aliphatic carbocycles. The summed E-state index contributed by atoms with van der Waals surface area (Å²) in [6, 6.07) is 10.1. The molecule has 0 radical (unpaired) electrons. The summed E-state index contributed by atoms with van der Waals surface area (Å²) < 4.78 is 39.5. The molecule has 1 aromatic heterocycles. The summed E-state index contributed by atoms with van der Waals surface area (Å²) in [5.41, 5.74) is -0.236. The average Bonchev–Trinajstić information content (AvgIpc) is 2.68. The van der Waals surface area contributed by atoms with Gasteiger partial charge in [0.1, 0.15) is 5.82 Å². The van der Waals surface area contributed by atoms with Gasteiger partial charge in [0.15, 0.2) is 5.69 Å². The minimum atomic E-state index is -4.54. The number of amides is 1. The Morgan fingerprint density at radius 1 is 1.10 bits per heavy atom. The highest BCUT2D eigenvalue weighted by atomic mass is 19.4. The van der Waals surface area contributed by atoms with Crippen LogP contribution >= 0.6 is 0 Å². The van der Waals surface area contributed by atoms with Gasteiger partial charge in [-0.15, -0.1) is 0 Å². The van der Waals surface area contributed by atoms with Gasteiger partial charge in [-0.05, 0) is 12.1 Å². The van der Waals surface area contributed by atoms with E-state index in [0.717, 1.165) is 11.8 Å². The molecule has 1 aliphatic heterocycles. The van der Waals surface area contributed by atoms with E-state index in [1.807, 2.05) is 35.2 Å². The Labute approximate surface area is 167 Å². The first-order valence-corrected chi connectivity index (χ1v) is 9.18. The van der Waals surface area contributed by atoms with Crippen LogP contribution in [0.25, 0.3) is 0 Å². The number of para-hydroxylation sites is 1. The molecule has 1 saturated heterocycles. The van der Waals surface area contributed by atoms with Crippen molar-refractivity contribution in [2.75, 3.05) is 61.9 Å². The molecular weight excluding hydrogens is 385 g/mol. The number of halogens is 3. The minimum absolute atomic E-state index is 0.0527. The third kappa shape index (κ3) is 5.57. The lowest BCUT2D eigenvalue weighted by atomic mass is 10.3. The van der Waals surface area contributed by atoms with E-state index in [1.54, 1.807) is 19.0 Å². The SMILES string of the molecule is CN(C)c1cc(C(F)(F)F)nc(N2CCN(CC(=O)Nc3ccccc3)CC2)n1. The standard InChI is InChI=1S/C19H23F3N6O/c1-26(2)16-12-15(19(20,21)22)24-18(25-16)28-10-8-27(9-11-28)13-17(29)23-14-6-4-3-5-7-14/h3-7,12H,8-11,13H2,1-2H3,(H,23,29). The van der Waals surface area contributed by atoms with Crippen LogP contribution in [0.15, 0.2) is 36.4 Å². The van der Waals surface area contributed by atoms with Gasteiger partial charge in [0, 0.05) is 52.0 Å². The summed E-state index contributed by atoms with van der Waals surface area (Å²) in [5, 5.41) is 2.83. The highest BCUT2D eigenvalue weighted by Gasteiger charge is 2.35. The molecule has 0 saturated carbocycles. The fraction of sp³-hybridized carbons (Fsp3) is 0.421. The second-order valence-electron chi connectivity index (χ2n) is 6.98. The van der Waals surface area contributed by atoms with Crippen molar-refractivity contribution < 1.29 is 18.0 Å². The van der Waals surface area contributed by atoms with Crippen molar-refractivity contribution in [1.82, 2.24) is 14.9 Å². The van der Waals surface area contributed by atoms with E-state index >= 15 is 0 Å². The number of carbonyl (C=O) groups is 1. The molecule has 1 aliphatic rings. The molecule has 1 N–H and O–H groups in total. The van der Waals surface area contributed by atoms with E-state index in [-0.39, 0.29) is 24.2 Å². The number of nitrogens with zero attached hydrogens (tertiary/aromatic N) is 5. The highest BCUT2D eigenvalue weighted by Crippen LogP contribution is 2.31. The topological polar surface area (TPSA) is 64.6 Å².